The van der Waals surface area contributed by atoms with E-state index >= 15 is 0 Å². The molecule has 1 atom stereocenters. The third-order valence-corrected chi connectivity index (χ3v) is 4.02. The van der Waals surface area contributed by atoms with Crippen LogP contribution in [0.25, 0.3) is 0 Å². The Morgan fingerprint density at radius 1 is 1.16 bits per heavy atom. The first kappa shape index (κ1) is 18.4. The Morgan fingerprint density at radius 2 is 1.88 bits per heavy atom. The summed E-state index contributed by atoms with van der Waals surface area (Å²) in [6.07, 6.45) is 0. The number of aliphatic imine (C=N–C) groups is 1. The molecule has 2 aromatic carbocycles. The lowest BCUT2D eigenvalue weighted by Crippen LogP contribution is -2.33. The van der Waals surface area contributed by atoms with Crippen LogP contribution in [0.4, 0.5) is 11.4 Å². The van der Waals surface area contributed by atoms with Gasteiger partial charge < -0.3 is 25.4 Å². The molecular weight excluding hydrogens is 316 g/mol. The number of anilines is 2. The van der Waals surface area contributed by atoms with Gasteiger partial charge in [-0.05, 0) is 31.2 Å². The van der Waals surface area contributed by atoms with Gasteiger partial charge in [0.2, 0.25) is 0 Å². The summed E-state index contributed by atoms with van der Waals surface area (Å²) in [6.45, 7) is 2.67. The van der Waals surface area contributed by atoms with Crippen molar-refractivity contribution < 1.29 is 9.47 Å². The van der Waals surface area contributed by atoms with Crippen molar-refractivity contribution in [1.29, 1.82) is 0 Å². The van der Waals surface area contributed by atoms with Gasteiger partial charge in [-0.1, -0.05) is 18.2 Å². The maximum absolute atomic E-state index is 6.03. The highest BCUT2D eigenvalue weighted by Gasteiger charge is 2.10. The van der Waals surface area contributed by atoms with Gasteiger partial charge in [-0.15, -0.1) is 0 Å². The van der Waals surface area contributed by atoms with Gasteiger partial charge in [0.1, 0.15) is 11.5 Å². The predicted molar refractivity (Wildman–Crippen MR) is 104 cm³/mol. The average Bonchev–Trinajstić information content (AvgIpc) is 2.66. The lowest BCUT2D eigenvalue weighted by atomic mass is 10.2. The first-order chi connectivity index (χ1) is 12.0. The number of ether oxygens (including phenoxy) is 2. The second-order valence-corrected chi connectivity index (χ2v) is 5.71. The molecule has 0 heterocycles. The number of nitrogens with zero attached hydrogens (tertiary/aromatic N) is 2. The minimum Gasteiger partial charge on any atom is -0.497 e. The molecule has 0 fully saturated rings. The first-order valence-electron chi connectivity index (χ1n) is 8.12. The second kappa shape index (κ2) is 8.82. The van der Waals surface area contributed by atoms with Crippen molar-refractivity contribution in [1.82, 2.24) is 0 Å². The Morgan fingerprint density at radius 3 is 2.52 bits per heavy atom. The van der Waals surface area contributed by atoms with Crippen molar-refractivity contribution in [2.24, 2.45) is 10.7 Å². The number of likely N-dealkylation sites (N-methyl/N-ethyl adjacent to an activating group) is 1. The van der Waals surface area contributed by atoms with Gasteiger partial charge in [-0.2, -0.15) is 0 Å². The largest absolute Gasteiger partial charge is 0.497 e. The minimum atomic E-state index is 0.204. The zero-order chi connectivity index (χ0) is 18.2. The van der Waals surface area contributed by atoms with Crippen LogP contribution in [0.1, 0.15) is 6.92 Å². The molecule has 2 rings (SSSR count). The highest BCUT2D eigenvalue weighted by molar-refractivity contribution is 5.94. The summed E-state index contributed by atoms with van der Waals surface area (Å²) in [5, 5.41) is 3.07. The number of hydrogen-bond acceptors (Lipinski definition) is 4. The summed E-state index contributed by atoms with van der Waals surface area (Å²) < 4.78 is 10.6. The van der Waals surface area contributed by atoms with Gasteiger partial charge in [0, 0.05) is 24.8 Å². The Labute approximate surface area is 149 Å². The van der Waals surface area contributed by atoms with E-state index in [1.54, 1.807) is 14.2 Å². The number of nitrogens with two attached hydrogens (primary N) is 1. The van der Waals surface area contributed by atoms with E-state index in [4.69, 9.17) is 15.2 Å². The second-order valence-electron chi connectivity index (χ2n) is 5.71. The van der Waals surface area contributed by atoms with Crippen LogP contribution in [0, 0.1) is 0 Å². The molecule has 0 aliphatic rings. The van der Waals surface area contributed by atoms with Crippen molar-refractivity contribution in [2.75, 3.05) is 38.0 Å². The average molecular weight is 342 g/mol. The van der Waals surface area contributed by atoms with Crippen LogP contribution in [0.5, 0.6) is 11.5 Å². The summed E-state index contributed by atoms with van der Waals surface area (Å²) in [4.78, 5) is 6.61. The van der Waals surface area contributed by atoms with Crippen LogP contribution < -0.4 is 25.4 Å². The van der Waals surface area contributed by atoms with E-state index in [0.29, 0.717) is 29.7 Å². The Kier molecular flexibility index (Phi) is 6.51. The zero-order valence-corrected chi connectivity index (χ0v) is 15.2. The summed E-state index contributed by atoms with van der Waals surface area (Å²) in [5.74, 6) is 1.72. The number of methoxy groups -OCH3 is 2. The molecule has 0 amide bonds. The van der Waals surface area contributed by atoms with Crippen molar-refractivity contribution >= 4 is 17.3 Å². The molecule has 0 saturated heterocycles. The van der Waals surface area contributed by atoms with Crippen LogP contribution in [0.15, 0.2) is 53.5 Å². The van der Waals surface area contributed by atoms with Crippen molar-refractivity contribution in [2.45, 2.75) is 13.0 Å². The molecule has 0 bridgehead atoms. The molecule has 134 valence electrons. The molecule has 1 unspecified atom stereocenters. The van der Waals surface area contributed by atoms with Crippen LogP contribution in [-0.4, -0.2) is 39.8 Å². The molecule has 25 heavy (non-hydrogen) atoms. The van der Waals surface area contributed by atoms with Gasteiger partial charge in [0.15, 0.2) is 5.96 Å². The molecule has 0 saturated carbocycles. The predicted octanol–water partition coefficient (Wildman–Crippen LogP) is 2.96. The van der Waals surface area contributed by atoms with Gasteiger partial charge in [-0.25, -0.2) is 0 Å². The fourth-order valence-corrected chi connectivity index (χ4v) is 2.36. The number of benzene rings is 2. The molecule has 3 N–H and O–H groups in total. The SMILES string of the molecule is COc1ccc(OC)c(NC(N)=NCC(C)N(C)c2ccccc2)c1. The summed E-state index contributed by atoms with van der Waals surface area (Å²) in [5.41, 5.74) is 7.89. The molecular formula is C19H26N4O2. The quantitative estimate of drug-likeness (QED) is 0.598. The van der Waals surface area contributed by atoms with E-state index in [-0.39, 0.29) is 6.04 Å². The molecule has 6 nitrogen and oxygen atoms in total. The molecule has 0 aromatic heterocycles. The summed E-state index contributed by atoms with van der Waals surface area (Å²) in [6, 6.07) is 15.9. The number of nitrogens with one attached hydrogen (secondary N) is 1. The number of guanidine groups is 1. The van der Waals surface area contributed by atoms with E-state index in [2.05, 4.69) is 34.3 Å². The van der Waals surface area contributed by atoms with E-state index < -0.39 is 0 Å². The lowest BCUT2D eigenvalue weighted by molar-refractivity contribution is 0.405. The monoisotopic (exact) mass is 342 g/mol. The van der Waals surface area contributed by atoms with Gasteiger partial charge in [-0.3, -0.25) is 4.99 Å². The smallest absolute Gasteiger partial charge is 0.193 e. The fourth-order valence-electron chi connectivity index (χ4n) is 2.36. The van der Waals surface area contributed by atoms with Gasteiger partial charge in [0.05, 0.1) is 26.5 Å². The number of rotatable bonds is 7. The van der Waals surface area contributed by atoms with E-state index in [1.165, 1.54) is 0 Å². The zero-order valence-electron chi connectivity index (χ0n) is 15.2. The Hall–Kier alpha value is -2.89. The van der Waals surface area contributed by atoms with Gasteiger partial charge in [0.25, 0.3) is 0 Å². The van der Waals surface area contributed by atoms with E-state index in [0.717, 1.165) is 5.69 Å². The molecule has 2 aromatic rings. The van der Waals surface area contributed by atoms with Gasteiger partial charge >= 0.3 is 0 Å². The third kappa shape index (κ3) is 5.04. The maximum Gasteiger partial charge on any atom is 0.193 e. The third-order valence-electron chi connectivity index (χ3n) is 4.02. The standard InChI is InChI=1S/C19H26N4O2/c1-14(23(2)15-8-6-5-7-9-15)13-21-19(20)22-17-12-16(24-3)10-11-18(17)25-4/h5-12,14H,13H2,1-4H3,(H3,20,21,22). The van der Waals surface area contributed by atoms with E-state index in [9.17, 15) is 0 Å². The normalized spacial score (nSPS) is 12.4. The molecule has 0 aliphatic carbocycles. The lowest BCUT2D eigenvalue weighted by Gasteiger charge is -2.25. The summed E-state index contributed by atoms with van der Waals surface area (Å²) in [7, 11) is 5.27. The van der Waals surface area contributed by atoms with Crippen LogP contribution in [0.3, 0.4) is 0 Å². The Balaban J connectivity index is 2.02. The topological polar surface area (TPSA) is 72.1 Å². The van der Waals surface area contributed by atoms with Crippen molar-refractivity contribution in [3.63, 3.8) is 0 Å². The van der Waals surface area contributed by atoms with Crippen LogP contribution in [0.2, 0.25) is 0 Å². The molecule has 6 heteroatoms. The highest BCUT2D eigenvalue weighted by atomic mass is 16.5. The highest BCUT2D eigenvalue weighted by Crippen LogP contribution is 2.28. The minimum absolute atomic E-state index is 0.204. The first-order valence-corrected chi connectivity index (χ1v) is 8.12. The van der Waals surface area contributed by atoms with Crippen molar-refractivity contribution in [3.05, 3.63) is 48.5 Å². The Bertz CT molecular complexity index is 704. The molecule has 0 radical (unpaired) electrons. The van der Waals surface area contributed by atoms with E-state index in [1.807, 2.05) is 43.4 Å². The molecule has 0 spiro atoms. The molecule has 0 aliphatic heterocycles. The van der Waals surface area contributed by atoms with Crippen LogP contribution in [-0.2, 0) is 0 Å². The number of hydrogen-bond donors (Lipinski definition) is 2. The van der Waals surface area contributed by atoms with Crippen molar-refractivity contribution in [3.8, 4) is 11.5 Å². The maximum atomic E-state index is 6.03. The number of para-hydroxylation sites is 1. The fraction of sp³-hybridized carbons (Fsp3) is 0.316. The summed E-state index contributed by atoms with van der Waals surface area (Å²) >= 11 is 0. The van der Waals surface area contributed by atoms with Crippen LogP contribution >= 0.6 is 0 Å².